The second-order valence-electron chi connectivity index (χ2n) is 7.41. The van der Waals surface area contributed by atoms with E-state index >= 15 is 0 Å². The third-order valence-corrected chi connectivity index (χ3v) is 4.93. The van der Waals surface area contributed by atoms with Gasteiger partial charge in [0.2, 0.25) is 0 Å². The molecule has 0 unspecified atom stereocenters. The molecule has 3 aromatic rings. The van der Waals surface area contributed by atoms with Crippen LogP contribution in [0.15, 0.2) is 53.3 Å². The lowest BCUT2D eigenvalue weighted by Gasteiger charge is -2.18. The van der Waals surface area contributed by atoms with Crippen LogP contribution in [0.5, 0.6) is 0 Å². The molecular weight excluding hydrogens is 354 g/mol. The molecule has 2 aromatic carbocycles. The van der Waals surface area contributed by atoms with Gasteiger partial charge in [0.25, 0.3) is 17.4 Å². The summed E-state index contributed by atoms with van der Waals surface area (Å²) < 4.78 is 1.67. The van der Waals surface area contributed by atoms with Crippen molar-refractivity contribution in [3.63, 3.8) is 0 Å². The molecule has 0 N–H and O–H groups in total. The lowest BCUT2D eigenvalue weighted by atomic mass is 10.1. The Morgan fingerprint density at radius 1 is 0.893 bits per heavy atom. The Balaban J connectivity index is 1.68. The molecule has 0 saturated heterocycles. The first kappa shape index (κ1) is 18.1. The van der Waals surface area contributed by atoms with Crippen LogP contribution in [-0.4, -0.2) is 32.8 Å². The first-order valence-electron chi connectivity index (χ1n) is 9.41. The molecule has 1 aliphatic rings. The van der Waals surface area contributed by atoms with Gasteiger partial charge in [-0.25, -0.2) is 4.98 Å². The van der Waals surface area contributed by atoms with Gasteiger partial charge >= 0.3 is 0 Å². The lowest BCUT2D eigenvalue weighted by molar-refractivity contribution is 0.0655. The molecule has 28 heavy (non-hydrogen) atoms. The van der Waals surface area contributed by atoms with Crippen LogP contribution < -0.4 is 5.56 Å². The Bertz CT molecular complexity index is 1110. The number of benzene rings is 2. The SMILES string of the molecule is CC(C)Cn1c(CCN2C(=O)c3ccccc3C2=O)nc2ccccc2c1=O. The van der Waals surface area contributed by atoms with E-state index in [2.05, 4.69) is 4.98 Å². The van der Waals surface area contributed by atoms with Crippen molar-refractivity contribution in [2.45, 2.75) is 26.8 Å². The Morgan fingerprint density at radius 2 is 1.50 bits per heavy atom. The van der Waals surface area contributed by atoms with Crippen LogP contribution in [0.25, 0.3) is 10.9 Å². The number of rotatable bonds is 5. The van der Waals surface area contributed by atoms with E-state index in [1.54, 1.807) is 34.9 Å². The minimum Gasteiger partial charge on any atom is -0.296 e. The summed E-state index contributed by atoms with van der Waals surface area (Å²) in [6.45, 7) is 4.80. The molecule has 0 aliphatic carbocycles. The van der Waals surface area contributed by atoms with E-state index < -0.39 is 0 Å². The Hall–Kier alpha value is -3.28. The maximum atomic E-state index is 13.0. The number of hydrogen-bond donors (Lipinski definition) is 0. The highest BCUT2D eigenvalue weighted by Gasteiger charge is 2.34. The van der Waals surface area contributed by atoms with Gasteiger partial charge in [0.15, 0.2) is 0 Å². The molecule has 0 atom stereocenters. The summed E-state index contributed by atoms with van der Waals surface area (Å²) in [7, 11) is 0. The van der Waals surface area contributed by atoms with Gasteiger partial charge in [-0.2, -0.15) is 0 Å². The van der Waals surface area contributed by atoms with Crippen LogP contribution in [-0.2, 0) is 13.0 Å². The standard InChI is InChI=1S/C22H21N3O3/c1-14(2)13-25-19(23-18-10-6-5-9-17(18)22(25)28)11-12-24-20(26)15-7-3-4-8-16(15)21(24)27/h3-10,14H,11-13H2,1-2H3. The topological polar surface area (TPSA) is 72.3 Å². The second kappa shape index (κ2) is 7.03. The van der Waals surface area contributed by atoms with Crippen molar-refractivity contribution < 1.29 is 9.59 Å². The third kappa shape index (κ3) is 3.01. The maximum Gasteiger partial charge on any atom is 0.261 e. The van der Waals surface area contributed by atoms with Gasteiger partial charge < -0.3 is 0 Å². The molecule has 0 bridgehead atoms. The minimum atomic E-state index is -0.292. The number of carbonyl (C=O) groups is 2. The van der Waals surface area contributed by atoms with Crippen molar-refractivity contribution in [2.75, 3.05) is 6.54 Å². The summed E-state index contributed by atoms with van der Waals surface area (Å²) in [4.78, 5) is 44.0. The average molecular weight is 375 g/mol. The molecule has 1 aromatic heterocycles. The molecular formula is C22H21N3O3. The maximum absolute atomic E-state index is 13.0. The Morgan fingerprint density at radius 3 is 2.14 bits per heavy atom. The number of hydrogen-bond acceptors (Lipinski definition) is 4. The minimum absolute atomic E-state index is 0.0864. The molecule has 6 heteroatoms. The van der Waals surface area contributed by atoms with Crippen LogP contribution in [0, 0.1) is 5.92 Å². The first-order valence-corrected chi connectivity index (χ1v) is 9.41. The van der Waals surface area contributed by atoms with Gasteiger partial charge in [-0.15, -0.1) is 0 Å². The largest absolute Gasteiger partial charge is 0.296 e. The summed E-state index contributed by atoms with van der Waals surface area (Å²) in [5.41, 5.74) is 1.40. The fourth-order valence-corrected chi connectivity index (χ4v) is 3.61. The summed E-state index contributed by atoms with van der Waals surface area (Å²) in [6.07, 6.45) is 0.332. The summed E-state index contributed by atoms with van der Waals surface area (Å²) in [6, 6.07) is 14.1. The number of nitrogens with zero attached hydrogens (tertiary/aromatic N) is 3. The van der Waals surface area contributed by atoms with Gasteiger partial charge in [-0.05, 0) is 30.2 Å². The summed E-state index contributed by atoms with van der Waals surface area (Å²) in [5.74, 6) is 0.269. The van der Waals surface area contributed by atoms with Crippen molar-refractivity contribution in [3.8, 4) is 0 Å². The van der Waals surface area contributed by atoms with Gasteiger partial charge in [0.1, 0.15) is 5.82 Å². The molecule has 6 nitrogen and oxygen atoms in total. The monoisotopic (exact) mass is 375 g/mol. The van der Waals surface area contributed by atoms with Crippen LogP contribution in [0.4, 0.5) is 0 Å². The van der Waals surface area contributed by atoms with Crippen molar-refractivity contribution in [1.29, 1.82) is 0 Å². The zero-order chi connectivity index (χ0) is 19.8. The molecule has 4 rings (SSSR count). The number of fused-ring (bicyclic) bond motifs is 2. The molecule has 0 saturated carbocycles. The second-order valence-corrected chi connectivity index (χ2v) is 7.41. The highest BCUT2D eigenvalue weighted by atomic mass is 16.2. The highest BCUT2D eigenvalue weighted by molar-refractivity contribution is 6.21. The predicted molar refractivity (Wildman–Crippen MR) is 106 cm³/mol. The first-order chi connectivity index (χ1) is 13.5. The van der Waals surface area contributed by atoms with E-state index in [-0.39, 0.29) is 29.8 Å². The van der Waals surface area contributed by atoms with E-state index in [9.17, 15) is 14.4 Å². The molecule has 0 radical (unpaired) electrons. The molecule has 2 amide bonds. The van der Waals surface area contributed by atoms with E-state index in [1.165, 1.54) is 4.90 Å². The Labute approximate surface area is 162 Å². The molecule has 2 heterocycles. The molecule has 0 fully saturated rings. The van der Waals surface area contributed by atoms with E-state index in [4.69, 9.17) is 0 Å². The Kier molecular flexibility index (Phi) is 4.55. The van der Waals surface area contributed by atoms with E-state index in [1.807, 2.05) is 32.0 Å². The number of imide groups is 1. The highest BCUT2D eigenvalue weighted by Crippen LogP contribution is 2.22. The fourth-order valence-electron chi connectivity index (χ4n) is 3.61. The fraction of sp³-hybridized carbons (Fsp3) is 0.273. The quantitative estimate of drug-likeness (QED) is 0.643. The lowest BCUT2D eigenvalue weighted by Crippen LogP contribution is -2.34. The van der Waals surface area contributed by atoms with E-state index in [0.717, 1.165) is 0 Å². The average Bonchev–Trinajstić information content (AvgIpc) is 2.93. The number of carbonyl (C=O) groups excluding carboxylic acids is 2. The number of amides is 2. The van der Waals surface area contributed by atoms with Gasteiger partial charge in [-0.1, -0.05) is 38.1 Å². The van der Waals surface area contributed by atoms with Crippen molar-refractivity contribution in [3.05, 3.63) is 75.8 Å². The smallest absolute Gasteiger partial charge is 0.261 e. The zero-order valence-electron chi connectivity index (χ0n) is 15.9. The molecule has 142 valence electrons. The predicted octanol–water partition coefficient (Wildman–Crippen LogP) is 2.89. The van der Waals surface area contributed by atoms with Crippen molar-refractivity contribution >= 4 is 22.7 Å². The zero-order valence-corrected chi connectivity index (χ0v) is 15.9. The summed E-state index contributed by atoms with van der Waals surface area (Å²) >= 11 is 0. The van der Waals surface area contributed by atoms with E-state index in [0.29, 0.717) is 40.8 Å². The van der Waals surface area contributed by atoms with Gasteiger partial charge in [0.05, 0.1) is 22.0 Å². The van der Waals surface area contributed by atoms with Gasteiger partial charge in [0, 0.05) is 19.5 Å². The van der Waals surface area contributed by atoms with Crippen molar-refractivity contribution in [1.82, 2.24) is 14.5 Å². The summed E-state index contributed by atoms with van der Waals surface area (Å²) in [5, 5.41) is 0.577. The number of para-hydroxylation sites is 1. The van der Waals surface area contributed by atoms with Gasteiger partial charge in [-0.3, -0.25) is 23.9 Å². The molecule has 1 aliphatic heterocycles. The third-order valence-electron chi connectivity index (χ3n) is 4.93. The number of aromatic nitrogens is 2. The van der Waals surface area contributed by atoms with Crippen LogP contribution >= 0.6 is 0 Å². The van der Waals surface area contributed by atoms with Crippen LogP contribution in [0.1, 0.15) is 40.4 Å². The van der Waals surface area contributed by atoms with Crippen LogP contribution in [0.3, 0.4) is 0 Å². The normalized spacial score (nSPS) is 13.6. The van der Waals surface area contributed by atoms with Crippen LogP contribution in [0.2, 0.25) is 0 Å². The molecule has 0 spiro atoms. The van der Waals surface area contributed by atoms with Crippen molar-refractivity contribution in [2.24, 2.45) is 5.92 Å².